The smallest absolute Gasteiger partial charge is 0.209 e. The number of nitrogen functional groups attached to an aromatic ring is 1. The molecule has 0 saturated heterocycles. The molecule has 3 aromatic rings. The molecule has 1 aliphatic rings. The highest BCUT2D eigenvalue weighted by Crippen LogP contribution is 2.30. The summed E-state index contributed by atoms with van der Waals surface area (Å²) in [6.07, 6.45) is 3.10. The van der Waals surface area contributed by atoms with Gasteiger partial charge >= 0.3 is 0 Å². The van der Waals surface area contributed by atoms with Crippen LogP contribution in [-0.4, -0.2) is 30.2 Å². The highest BCUT2D eigenvalue weighted by molar-refractivity contribution is 5.86. The summed E-state index contributed by atoms with van der Waals surface area (Å²) < 4.78 is 29.6. The van der Waals surface area contributed by atoms with Gasteiger partial charge in [0, 0.05) is 6.54 Å². The predicted octanol–water partition coefficient (Wildman–Crippen LogP) is 3.45. The normalized spacial score (nSPS) is 15.0. The average molecular weight is 420 g/mol. The molecule has 29 heavy (non-hydrogen) atoms. The van der Waals surface area contributed by atoms with E-state index in [4.69, 9.17) is 5.73 Å². The molecular formula is C20H20ClF2N5O. The number of aryl methyl sites for hydroxylation is 1. The van der Waals surface area contributed by atoms with Crippen LogP contribution in [0, 0.1) is 23.5 Å². The third-order valence-electron chi connectivity index (χ3n) is 4.97. The van der Waals surface area contributed by atoms with Crippen molar-refractivity contribution in [1.29, 1.82) is 0 Å². The van der Waals surface area contributed by atoms with Gasteiger partial charge in [-0.2, -0.15) is 0 Å². The molecule has 0 aliphatic heterocycles. The zero-order chi connectivity index (χ0) is 19.9. The van der Waals surface area contributed by atoms with Crippen molar-refractivity contribution in [3.63, 3.8) is 0 Å². The summed E-state index contributed by atoms with van der Waals surface area (Å²) in [6, 6.07) is 3.92. The first kappa shape index (κ1) is 21.0. The Bertz CT molecular complexity index is 1130. The number of rotatable bonds is 2. The van der Waals surface area contributed by atoms with E-state index in [9.17, 15) is 13.9 Å². The Hall–Kier alpha value is -2.76. The van der Waals surface area contributed by atoms with E-state index < -0.39 is 17.2 Å². The number of imidazole rings is 1. The number of fused-ring (bicyclic) bond motifs is 1. The molecule has 4 rings (SSSR count). The third-order valence-corrected chi connectivity index (χ3v) is 4.97. The van der Waals surface area contributed by atoms with Crippen molar-refractivity contribution in [1.82, 2.24) is 19.5 Å². The standard InChI is InChI=1S/C20H19F2N5O.ClH/c1-2-27-18(12-6-5-7-13(21)15(12)22)26-16-17(23)24-14(25-19(16)27)8-11-20(28)9-3-4-10-20;/h5-7,28H,2-4,9-10H2,1H3,(H2,23,24,25);1H. The van der Waals surface area contributed by atoms with Gasteiger partial charge in [0.2, 0.25) is 5.82 Å². The van der Waals surface area contributed by atoms with Crippen molar-refractivity contribution in [2.24, 2.45) is 0 Å². The highest BCUT2D eigenvalue weighted by atomic mass is 35.5. The van der Waals surface area contributed by atoms with Crippen LogP contribution in [0.4, 0.5) is 14.6 Å². The van der Waals surface area contributed by atoms with Crippen molar-refractivity contribution in [2.75, 3.05) is 5.73 Å². The third kappa shape index (κ3) is 3.76. The summed E-state index contributed by atoms with van der Waals surface area (Å²) in [7, 11) is 0. The number of benzene rings is 1. The second-order valence-corrected chi connectivity index (χ2v) is 6.87. The average Bonchev–Trinajstić information content (AvgIpc) is 3.26. The van der Waals surface area contributed by atoms with Gasteiger partial charge in [-0.3, -0.25) is 0 Å². The predicted molar refractivity (Wildman–Crippen MR) is 108 cm³/mol. The molecule has 9 heteroatoms. The molecule has 0 atom stereocenters. The molecule has 6 nitrogen and oxygen atoms in total. The molecule has 0 spiro atoms. The molecule has 1 fully saturated rings. The zero-order valence-electron chi connectivity index (χ0n) is 15.7. The quantitative estimate of drug-likeness (QED) is 0.621. The second-order valence-electron chi connectivity index (χ2n) is 6.87. The Balaban J connectivity index is 0.00000240. The molecule has 1 aliphatic carbocycles. The van der Waals surface area contributed by atoms with Crippen LogP contribution in [0.5, 0.6) is 0 Å². The largest absolute Gasteiger partial charge is 0.382 e. The topological polar surface area (TPSA) is 89.9 Å². The number of hydrogen-bond acceptors (Lipinski definition) is 5. The van der Waals surface area contributed by atoms with Crippen molar-refractivity contribution in [2.45, 2.75) is 44.8 Å². The summed E-state index contributed by atoms with van der Waals surface area (Å²) in [5.74, 6) is 4.18. The van der Waals surface area contributed by atoms with Crippen LogP contribution >= 0.6 is 12.4 Å². The Kier molecular flexibility index (Phi) is 5.73. The number of hydrogen-bond donors (Lipinski definition) is 2. The zero-order valence-corrected chi connectivity index (χ0v) is 16.6. The van der Waals surface area contributed by atoms with Crippen molar-refractivity contribution in [3.05, 3.63) is 35.7 Å². The van der Waals surface area contributed by atoms with Crippen LogP contribution in [0.25, 0.3) is 22.6 Å². The minimum Gasteiger partial charge on any atom is -0.382 e. The highest BCUT2D eigenvalue weighted by Gasteiger charge is 2.28. The molecule has 1 aromatic carbocycles. The van der Waals surface area contributed by atoms with Crippen LogP contribution in [-0.2, 0) is 6.54 Å². The van der Waals surface area contributed by atoms with Gasteiger partial charge in [-0.15, -0.1) is 12.4 Å². The van der Waals surface area contributed by atoms with Crippen molar-refractivity contribution in [3.8, 4) is 23.2 Å². The van der Waals surface area contributed by atoms with Crippen molar-refractivity contribution >= 4 is 29.4 Å². The maximum absolute atomic E-state index is 14.3. The van der Waals surface area contributed by atoms with E-state index in [1.54, 1.807) is 4.57 Å². The van der Waals surface area contributed by atoms with Crippen LogP contribution < -0.4 is 5.73 Å². The summed E-state index contributed by atoms with van der Waals surface area (Å²) >= 11 is 0. The second kappa shape index (κ2) is 7.93. The van der Waals surface area contributed by atoms with E-state index >= 15 is 0 Å². The van der Waals surface area contributed by atoms with E-state index in [1.807, 2.05) is 6.92 Å². The lowest BCUT2D eigenvalue weighted by atomic mass is 10.0. The fourth-order valence-electron chi connectivity index (χ4n) is 3.52. The SMILES string of the molecule is CCn1c(-c2cccc(F)c2F)nc2c(N)nc(C#CC3(O)CCCC3)nc21.Cl. The van der Waals surface area contributed by atoms with Gasteiger partial charge in [0.05, 0.1) is 5.56 Å². The molecule has 1 saturated carbocycles. The number of nitrogens with two attached hydrogens (primary N) is 1. The van der Waals surface area contributed by atoms with E-state index in [0.29, 0.717) is 30.6 Å². The molecule has 0 amide bonds. The summed E-state index contributed by atoms with van der Waals surface area (Å²) in [5, 5.41) is 10.4. The lowest BCUT2D eigenvalue weighted by molar-refractivity contribution is 0.110. The molecule has 0 unspecified atom stereocenters. The number of aliphatic hydroxyl groups is 1. The van der Waals surface area contributed by atoms with Crippen molar-refractivity contribution < 1.29 is 13.9 Å². The van der Waals surface area contributed by atoms with Gasteiger partial charge in [0.1, 0.15) is 11.4 Å². The van der Waals surface area contributed by atoms with Gasteiger partial charge in [-0.05, 0) is 50.7 Å². The fourth-order valence-corrected chi connectivity index (χ4v) is 3.52. The molecular weight excluding hydrogens is 400 g/mol. The molecule has 0 bridgehead atoms. The minimum atomic E-state index is -1.02. The maximum Gasteiger partial charge on any atom is 0.209 e. The first-order chi connectivity index (χ1) is 13.4. The maximum atomic E-state index is 14.3. The number of anilines is 1. The van der Waals surface area contributed by atoms with E-state index in [0.717, 1.165) is 18.9 Å². The minimum absolute atomic E-state index is 0. The van der Waals surface area contributed by atoms with Gasteiger partial charge < -0.3 is 15.4 Å². The van der Waals surface area contributed by atoms with Crippen LogP contribution in [0.15, 0.2) is 18.2 Å². The fraction of sp³-hybridized carbons (Fsp3) is 0.350. The number of aromatic nitrogens is 4. The summed E-state index contributed by atoms with van der Waals surface area (Å²) in [6.45, 7) is 2.25. The molecule has 2 heterocycles. The molecule has 0 radical (unpaired) electrons. The molecule has 152 valence electrons. The molecule has 3 N–H and O–H groups in total. The van der Waals surface area contributed by atoms with Gasteiger partial charge in [-0.25, -0.2) is 23.7 Å². The Morgan fingerprint density at radius 2 is 1.93 bits per heavy atom. The van der Waals surface area contributed by atoms with E-state index in [2.05, 4.69) is 26.8 Å². The van der Waals surface area contributed by atoms with E-state index in [1.165, 1.54) is 12.1 Å². The Morgan fingerprint density at radius 3 is 2.62 bits per heavy atom. The lowest BCUT2D eigenvalue weighted by Gasteiger charge is -2.12. The Labute approximate surface area is 172 Å². The van der Waals surface area contributed by atoms with Gasteiger partial charge in [-0.1, -0.05) is 12.0 Å². The summed E-state index contributed by atoms with van der Waals surface area (Å²) in [4.78, 5) is 12.9. The van der Waals surface area contributed by atoms with Gasteiger partial charge in [0.25, 0.3) is 0 Å². The van der Waals surface area contributed by atoms with Crippen LogP contribution in [0.3, 0.4) is 0 Å². The first-order valence-electron chi connectivity index (χ1n) is 9.15. The molecule has 2 aromatic heterocycles. The Morgan fingerprint density at radius 1 is 1.21 bits per heavy atom. The van der Waals surface area contributed by atoms with E-state index in [-0.39, 0.29) is 35.4 Å². The lowest BCUT2D eigenvalue weighted by Crippen LogP contribution is -2.20. The first-order valence-corrected chi connectivity index (χ1v) is 9.15. The van der Waals surface area contributed by atoms with Crippen LogP contribution in [0.1, 0.15) is 38.4 Å². The number of nitrogens with zero attached hydrogens (tertiary/aromatic N) is 4. The van der Waals surface area contributed by atoms with Gasteiger partial charge in [0.15, 0.2) is 28.6 Å². The number of halogens is 3. The summed E-state index contributed by atoms with van der Waals surface area (Å²) in [5.41, 5.74) is 5.71. The monoisotopic (exact) mass is 419 g/mol. The van der Waals surface area contributed by atoms with Crippen LogP contribution in [0.2, 0.25) is 0 Å².